The molecule has 0 atom stereocenters. The summed E-state index contributed by atoms with van der Waals surface area (Å²) < 4.78 is 36.8. The summed E-state index contributed by atoms with van der Waals surface area (Å²) in [6.45, 7) is 2.05. The number of hydrogen-bond donors (Lipinski definition) is 1. The molecular weight excluding hydrogens is 291 g/mol. The first kappa shape index (κ1) is 16.0. The molecule has 0 saturated carbocycles. The average molecular weight is 310 g/mol. The minimum atomic E-state index is -2.91. The second-order valence-corrected chi connectivity index (χ2v) is 7.41. The van der Waals surface area contributed by atoms with Crippen molar-refractivity contribution in [2.75, 3.05) is 31.1 Å². The third-order valence-corrected chi connectivity index (χ3v) is 5.13. The van der Waals surface area contributed by atoms with Crippen LogP contribution in [-0.4, -0.2) is 44.5 Å². The summed E-state index contributed by atoms with van der Waals surface area (Å²) >= 11 is 0. The van der Waals surface area contributed by atoms with Crippen molar-refractivity contribution < 1.29 is 12.8 Å². The standard InChI is InChI=1S/C15H19FN2O2S/c16-15-5-4-13(11-14(15)3-1-6-17)12-18-7-2-9-21(19,20)10-8-18/h4-5,11H,2,6-10,12,17H2. The van der Waals surface area contributed by atoms with E-state index in [4.69, 9.17) is 5.73 Å². The minimum absolute atomic E-state index is 0.188. The number of nitrogens with zero attached hydrogens (tertiary/aromatic N) is 1. The normalized spacial score (nSPS) is 18.6. The molecule has 0 radical (unpaired) electrons. The van der Waals surface area contributed by atoms with Crippen LogP contribution in [0.25, 0.3) is 0 Å². The largest absolute Gasteiger partial charge is 0.320 e. The lowest BCUT2D eigenvalue weighted by Crippen LogP contribution is -2.26. The highest BCUT2D eigenvalue weighted by molar-refractivity contribution is 7.91. The summed E-state index contributed by atoms with van der Waals surface area (Å²) in [5.74, 6) is 5.43. The van der Waals surface area contributed by atoms with Crippen molar-refractivity contribution >= 4 is 9.84 Å². The Morgan fingerprint density at radius 2 is 2.10 bits per heavy atom. The SMILES string of the molecule is NCC#Cc1cc(CN2CCCS(=O)(=O)CC2)ccc1F. The van der Waals surface area contributed by atoms with Crippen LogP contribution in [0.15, 0.2) is 18.2 Å². The van der Waals surface area contributed by atoms with Crippen molar-refractivity contribution in [3.63, 3.8) is 0 Å². The molecule has 21 heavy (non-hydrogen) atoms. The van der Waals surface area contributed by atoms with Gasteiger partial charge in [0.1, 0.15) is 5.82 Å². The van der Waals surface area contributed by atoms with Gasteiger partial charge in [-0.2, -0.15) is 0 Å². The first-order chi connectivity index (χ1) is 10.00. The zero-order chi connectivity index (χ0) is 15.3. The van der Waals surface area contributed by atoms with E-state index in [1.165, 1.54) is 6.07 Å². The van der Waals surface area contributed by atoms with Gasteiger partial charge in [-0.15, -0.1) is 0 Å². The molecule has 0 spiro atoms. The van der Waals surface area contributed by atoms with Crippen LogP contribution in [0.5, 0.6) is 0 Å². The van der Waals surface area contributed by atoms with Crippen LogP contribution in [0.3, 0.4) is 0 Å². The Bertz CT molecular complexity index is 662. The monoisotopic (exact) mass is 310 g/mol. The summed E-state index contributed by atoms with van der Waals surface area (Å²) in [4.78, 5) is 2.08. The Morgan fingerprint density at radius 1 is 1.29 bits per heavy atom. The van der Waals surface area contributed by atoms with E-state index < -0.39 is 9.84 Å². The van der Waals surface area contributed by atoms with E-state index in [1.54, 1.807) is 12.1 Å². The second kappa shape index (κ2) is 7.03. The molecule has 4 nitrogen and oxygen atoms in total. The van der Waals surface area contributed by atoms with Crippen molar-refractivity contribution in [3.8, 4) is 11.8 Å². The van der Waals surface area contributed by atoms with Gasteiger partial charge in [-0.3, -0.25) is 4.90 Å². The van der Waals surface area contributed by atoms with Gasteiger partial charge in [-0.25, -0.2) is 12.8 Å². The molecule has 1 aliphatic rings. The number of benzene rings is 1. The third-order valence-electron chi connectivity index (χ3n) is 3.41. The number of hydrogen-bond acceptors (Lipinski definition) is 4. The van der Waals surface area contributed by atoms with E-state index in [0.29, 0.717) is 25.1 Å². The van der Waals surface area contributed by atoms with Crippen molar-refractivity contribution in [3.05, 3.63) is 35.1 Å². The van der Waals surface area contributed by atoms with Crippen LogP contribution in [-0.2, 0) is 16.4 Å². The fourth-order valence-corrected chi connectivity index (χ4v) is 3.63. The van der Waals surface area contributed by atoms with Crippen LogP contribution in [0.2, 0.25) is 0 Å². The van der Waals surface area contributed by atoms with Gasteiger partial charge in [0.25, 0.3) is 0 Å². The van der Waals surface area contributed by atoms with Crippen LogP contribution in [0.4, 0.5) is 4.39 Å². The molecule has 1 heterocycles. The summed E-state index contributed by atoms with van der Waals surface area (Å²) in [7, 11) is -2.91. The molecule has 1 fully saturated rings. The van der Waals surface area contributed by atoms with Crippen molar-refractivity contribution in [2.45, 2.75) is 13.0 Å². The molecule has 0 unspecified atom stereocenters. The molecule has 0 amide bonds. The van der Waals surface area contributed by atoms with E-state index in [0.717, 1.165) is 12.1 Å². The quantitative estimate of drug-likeness (QED) is 0.819. The second-order valence-electron chi connectivity index (χ2n) is 5.10. The minimum Gasteiger partial charge on any atom is -0.320 e. The Balaban J connectivity index is 2.09. The highest BCUT2D eigenvalue weighted by Crippen LogP contribution is 2.14. The molecule has 0 aliphatic carbocycles. The Labute approximate surface area is 125 Å². The maximum Gasteiger partial charge on any atom is 0.151 e. The van der Waals surface area contributed by atoms with Crippen LogP contribution in [0.1, 0.15) is 17.5 Å². The molecule has 1 aliphatic heterocycles. The van der Waals surface area contributed by atoms with Gasteiger partial charge in [-0.05, 0) is 30.7 Å². The van der Waals surface area contributed by atoms with Crippen molar-refractivity contribution in [1.29, 1.82) is 0 Å². The predicted molar refractivity (Wildman–Crippen MR) is 80.9 cm³/mol. The molecule has 0 aromatic heterocycles. The topological polar surface area (TPSA) is 63.4 Å². The molecule has 2 N–H and O–H groups in total. The lowest BCUT2D eigenvalue weighted by molar-refractivity contribution is 0.287. The fourth-order valence-electron chi connectivity index (χ4n) is 2.32. The van der Waals surface area contributed by atoms with Crippen molar-refractivity contribution in [1.82, 2.24) is 4.90 Å². The summed E-state index contributed by atoms with van der Waals surface area (Å²) in [5, 5.41) is 0. The van der Waals surface area contributed by atoms with Gasteiger partial charge in [-0.1, -0.05) is 17.9 Å². The number of halogens is 1. The number of rotatable bonds is 2. The molecule has 2 rings (SSSR count). The van der Waals surface area contributed by atoms with Crippen LogP contribution < -0.4 is 5.73 Å². The Kier molecular flexibility index (Phi) is 5.34. The Hall–Kier alpha value is -1.42. The van der Waals surface area contributed by atoms with Crippen molar-refractivity contribution in [2.24, 2.45) is 5.73 Å². The number of sulfone groups is 1. The summed E-state index contributed by atoms with van der Waals surface area (Å²) in [5.41, 5.74) is 6.56. The van der Waals surface area contributed by atoms with E-state index in [2.05, 4.69) is 16.7 Å². The molecule has 1 saturated heterocycles. The molecule has 6 heteroatoms. The highest BCUT2D eigenvalue weighted by Gasteiger charge is 2.19. The lowest BCUT2D eigenvalue weighted by atomic mass is 10.1. The van der Waals surface area contributed by atoms with E-state index in [1.807, 2.05) is 0 Å². The smallest absolute Gasteiger partial charge is 0.151 e. The molecule has 114 valence electrons. The lowest BCUT2D eigenvalue weighted by Gasteiger charge is -2.19. The van der Waals surface area contributed by atoms with Gasteiger partial charge >= 0.3 is 0 Å². The Morgan fingerprint density at radius 3 is 2.86 bits per heavy atom. The maximum absolute atomic E-state index is 13.6. The van der Waals surface area contributed by atoms with Gasteiger partial charge in [0.2, 0.25) is 0 Å². The van der Waals surface area contributed by atoms with E-state index in [9.17, 15) is 12.8 Å². The molecule has 1 aromatic rings. The fraction of sp³-hybridized carbons (Fsp3) is 0.467. The van der Waals surface area contributed by atoms with Gasteiger partial charge in [0, 0.05) is 13.1 Å². The van der Waals surface area contributed by atoms with Crippen LogP contribution in [0, 0.1) is 17.7 Å². The van der Waals surface area contributed by atoms with Gasteiger partial charge in [0.05, 0.1) is 23.6 Å². The zero-order valence-electron chi connectivity index (χ0n) is 11.8. The average Bonchev–Trinajstić information content (AvgIpc) is 2.61. The summed E-state index contributed by atoms with van der Waals surface area (Å²) in [6, 6.07) is 4.81. The maximum atomic E-state index is 13.6. The van der Waals surface area contributed by atoms with E-state index in [-0.39, 0.29) is 23.9 Å². The molecule has 0 bridgehead atoms. The molecular formula is C15H19FN2O2S. The van der Waals surface area contributed by atoms with Gasteiger partial charge in [0.15, 0.2) is 9.84 Å². The highest BCUT2D eigenvalue weighted by atomic mass is 32.2. The van der Waals surface area contributed by atoms with E-state index >= 15 is 0 Å². The summed E-state index contributed by atoms with van der Waals surface area (Å²) in [6.07, 6.45) is 0.642. The molecule has 1 aromatic carbocycles. The third kappa shape index (κ3) is 4.81. The predicted octanol–water partition coefficient (Wildman–Crippen LogP) is 0.756. The number of nitrogens with two attached hydrogens (primary N) is 1. The first-order valence-electron chi connectivity index (χ1n) is 6.90. The van der Waals surface area contributed by atoms with Crippen LogP contribution >= 0.6 is 0 Å². The zero-order valence-corrected chi connectivity index (χ0v) is 12.6. The van der Waals surface area contributed by atoms with Gasteiger partial charge < -0.3 is 5.73 Å². The first-order valence-corrected chi connectivity index (χ1v) is 8.72.